The Morgan fingerprint density at radius 1 is 1.54 bits per heavy atom. The SMILES string of the molecule is NC(=O)c1nc2c(Cl)cncc2s1. The van der Waals surface area contributed by atoms with Gasteiger partial charge in [0.05, 0.1) is 9.72 Å². The van der Waals surface area contributed by atoms with E-state index in [1.165, 1.54) is 17.5 Å². The van der Waals surface area contributed by atoms with Crippen LogP contribution in [0, 0.1) is 0 Å². The van der Waals surface area contributed by atoms with Gasteiger partial charge in [-0.15, -0.1) is 11.3 Å². The molecule has 13 heavy (non-hydrogen) atoms. The van der Waals surface area contributed by atoms with E-state index in [0.717, 1.165) is 4.70 Å². The largest absolute Gasteiger partial charge is 0.364 e. The Morgan fingerprint density at radius 3 is 2.92 bits per heavy atom. The summed E-state index contributed by atoms with van der Waals surface area (Å²) in [6, 6.07) is 0. The van der Waals surface area contributed by atoms with Crippen molar-refractivity contribution in [3.63, 3.8) is 0 Å². The molecule has 0 saturated heterocycles. The molecule has 2 aromatic rings. The average Bonchev–Trinajstić information content (AvgIpc) is 2.49. The highest BCUT2D eigenvalue weighted by molar-refractivity contribution is 7.20. The van der Waals surface area contributed by atoms with E-state index in [9.17, 15) is 4.79 Å². The van der Waals surface area contributed by atoms with Crippen molar-refractivity contribution < 1.29 is 4.79 Å². The van der Waals surface area contributed by atoms with E-state index in [2.05, 4.69) is 9.97 Å². The Bertz CT molecular complexity index is 482. The zero-order valence-corrected chi connectivity index (χ0v) is 7.89. The Balaban J connectivity index is 2.75. The second kappa shape index (κ2) is 2.93. The number of hydrogen-bond donors (Lipinski definition) is 1. The summed E-state index contributed by atoms with van der Waals surface area (Å²) in [6.07, 6.45) is 3.08. The lowest BCUT2D eigenvalue weighted by atomic mass is 10.4. The third kappa shape index (κ3) is 1.36. The van der Waals surface area contributed by atoms with Gasteiger partial charge in [-0.05, 0) is 0 Å². The highest BCUT2D eigenvalue weighted by Crippen LogP contribution is 2.26. The number of carbonyl (C=O) groups excluding carboxylic acids is 1. The van der Waals surface area contributed by atoms with E-state index in [1.807, 2.05) is 0 Å². The van der Waals surface area contributed by atoms with Gasteiger partial charge in [-0.2, -0.15) is 0 Å². The molecule has 0 saturated carbocycles. The highest BCUT2D eigenvalue weighted by atomic mass is 35.5. The van der Waals surface area contributed by atoms with Crippen LogP contribution in [0.5, 0.6) is 0 Å². The van der Waals surface area contributed by atoms with Crippen molar-refractivity contribution in [3.05, 3.63) is 22.4 Å². The second-order valence-corrected chi connectivity index (χ2v) is 3.79. The van der Waals surface area contributed by atoms with E-state index < -0.39 is 5.91 Å². The molecule has 0 spiro atoms. The summed E-state index contributed by atoms with van der Waals surface area (Å²) in [6.45, 7) is 0. The van der Waals surface area contributed by atoms with Gasteiger partial charge in [-0.3, -0.25) is 9.78 Å². The van der Waals surface area contributed by atoms with Gasteiger partial charge in [0, 0.05) is 12.4 Å². The number of amides is 1. The van der Waals surface area contributed by atoms with Gasteiger partial charge in [-0.25, -0.2) is 4.98 Å². The molecule has 0 bridgehead atoms. The summed E-state index contributed by atoms with van der Waals surface area (Å²) >= 11 is 6.99. The lowest BCUT2D eigenvalue weighted by molar-refractivity contribution is 0.1000. The number of aromatic nitrogens is 2. The van der Waals surface area contributed by atoms with Gasteiger partial charge < -0.3 is 5.73 Å². The van der Waals surface area contributed by atoms with Crippen LogP contribution in [0.15, 0.2) is 12.4 Å². The van der Waals surface area contributed by atoms with Gasteiger partial charge in [0.15, 0.2) is 5.01 Å². The molecule has 0 aliphatic carbocycles. The first-order valence-corrected chi connectivity index (χ1v) is 4.58. The maximum atomic E-state index is 10.8. The van der Waals surface area contributed by atoms with Gasteiger partial charge in [-0.1, -0.05) is 11.6 Å². The maximum Gasteiger partial charge on any atom is 0.277 e. The van der Waals surface area contributed by atoms with Crippen molar-refractivity contribution in [2.24, 2.45) is 5.73 Å². The van der Waals surface area contributed by atoms with E-state index in [-0.39, 0.29) is 5.01 Å². The number of halogens is 1. The number of rotatable bonds is 1. The lowest BCUT2D eigenvalue weighted by Crippen LogP contribution is -2.09. The summed E-state index contributed by atoms with van der Waals surface area (Å²) in [7, 11) is 0. The monoisotopic (exact) mass is 213 g/mol. The number of thiazole rings is 1. The predicted octanol–water partition coefficient (Wildman–Crippen LogP) is 1.44. The van der Waals surface area contributed by atoms with Gasteiger partial charge in [0.1, 0.15) is 5.52 Å². The Kier molecular flexibility index (Phi) is 1.90. The van der Waals surface area contributed by atoms with Crippen LogP contribution in [0.25, 0.3) is 10.2 Å². The number of fused-ring (bicyclic) bond motifs is 1. The zero-order valence-electron chi connectivity index (χ0n) is 6.32. The minimum atomic E-state index is -0.544. The number of nitrogens with zero attached hydrogens (tertiary/aromatic N) is 2. The molecule has 0 aromatic carbocycles. The summed E-state index contributed by atoms with van der Waals surface area (Å²) < 4.78 is 0.765. The minimum Gasteiger partial charge on any atom is -0.364 e. The van der Waals surface area contributed by atoms with Crippen LogP contribution in [-0.4, -0.2) is 15.9 Å². The number of primary amides is 1. The highest BCUT2D eigenvalue weighted by Gasteiger charge is 2.10. The summed E-state index contributed by atoms with van der Waals surface area (Å²) in [4.78, 5) is 18.6. The van der Waals surface area contributed by atoms with E-state index in [0.29, 0.717) is 10.5 Å². The van der Waals surface area contributed by atoms with Crippen LogP contribution in [0.2, 0.25) is 5.02 Å². The fraction of sp³-hybridized carbons (Fsp3) is 0. The van der Waals surface area contributed by atoms with E-state index in [1.54, 1.807) is 6.20 Å². The van der Waals surface area contributed by atoms with Crippen LogP contribution >= 0.6 is 22.9 Å². The number of hydrogen-bond acceptors (Lipinski definition) is 4. The second-order valence-electron chi connectivity index (χ2n) is 2.35. The molecule has 2 aromatic heterocycles. The zero-order chi connectivity index (χ0) is 9.42. The van der Waals surface area contributed by atoms with Crippen molar-refractivity contribution in [2.75, 3.05) is 0 Å². The Hall–Kier alpha value is -1.20. The molecule has 0 aliphatic heterocycles. The third-order valence-electron chi connectivity index (χ3n) is 1.47. The Labute approximate surface area is 82.4 Å². The molecule has 0 unspecified atom stereocenters. The number of nitrogens with two attached hydrogens (primary N) is 1. The molecule has 2 rings (SSSR count). The van der Waals surface area contributed by atoms with Crippen LogP contribution in [-0.2, 0) is 0 Å². The number of carbonyl (C=O) groups is 1. The molecule has 1 amide bonds. The third-order valence-corrected chi connectivity index (χ3v) is 2.75. The molecule has 4 nitrogen and oxygen atoms in total. The van der Waals surface area contributed by atoms with Crippen LogP contribution in [0.1, 0.15) is 9.80 Å². The molecule has 0 radical (unpaired) electrons. The average molecular weight is 214 g/mol. The molecule has 66 valence electrons. The fourth-order valence-corrected chi connectivity index (χ4v) is 2.00. The predicted molar refractivity (Wildman–Crippen MR) is 50.9 cm³/mol. The first-order chi connectivity index (χ1) is 6.18. The molecule has 6 heteroatoms. The van der Waals surface area contributed by atoms with Gasteiger partial charge >= 0.3 is 0 Å². The van der Waals surface area contributed by atoms with E-state index >= 15 is 0 Å². The van der Waals surface area contributed by atoms with Gasteiger partial charge in [0.2, 0.25) is 0 Å². The summed E-state index contributed by atoms with van der Waals surface area (Å²) in [5.74, 6) is -0.544. The van der Waals surface area contributed by atoms with Crippen LogP contribution in [0.3, 0.4) is 0 Å². The van der Waals surface area contributed by atoms with Crippen LogP contribution in [0.4, 0.5) is 0 Å². The van der Waals surface area contributed by atoms with Crippen molar-refractivity contribution in [3.8, 4) is 0 Å². The maximum absolute atomic E-state index is 10.8. The van der Waals surface area contributed by atoms with Gasteiger partial charge in [0.25, 0.3) is 5.91 Å². The molecular weight excluding hydrogens is 210 g/mol. The van der Waals surface area contributed by atoms with Crippen molar-refractivity contribution in [2.45, 2.75) is 0 Å². The molecule has 2 N–H and O–H groups in total. The van der Waals surface area contributed by atoms with Crippen molar-refractivity contribution in [1.82, 2.24) is 9.97 Å². The molecule has 0 atom stereocenters. The number of pyridine rings is 1. The molecule has 0 aliphatic rings. The molecular formula is C7H4ClN3OS. The Morgan fingerprint density at radius 2 is 2.31 bits per heavy atom. The minimum absolute atomic E-state index is 0.255. The smallest absolute Gasteiger partial charge is 0.277 e. The van der Waals surface area contributed by atoms with Crippen molar-refractivity contribution >= 4 is 39.1 Å². The lowest BCUT2D eigenvalue weighted by Gasteiger charge is -1.87. The van der Waals surface area contributed by atoms with Crippen LogP contribution < -0.4 is 5.73 Å². The first-order valence-electron chi connectivity index (χ1n) is 3.38. The van der Waals surface area contributed by atoms with Crippen molar-refractivity contribution in [1.29, 1.82) is 0 Å². The topological polar surface area (TPSA) is 68.9 Å². The van der Waals surface area contributed by atoms with E-state index in [4.69, 9.17) is 17.3 Å². The fourth-order valence-electron chi connectivity index (χ4n) is 0.927. The first kappa shape index (κ1) is 8.40. The normalized spacial score (nSPS) is 10.5. The quantitative estimate of drug-likeness (QED) is 0.780. The molecule has 0 fully saturated rings. The molecule has 2 heterocycles. The summed E-state index contributed by atoms with van der Waals surface area (Å²) in [5, 5.41) is 0.686. The summed E-state index contributed by atoms with van der Waals surface area (Å²) in [5.41, 5.74) is 5.65. The standard InChI is InChI=1S/C7H4ClN3OS/c8-3-1-10-2-4-5(3)11-7(13-4)6(9)12/h1-2H,(H2,9,12).